The summed E-state index contributed by atoms with van der Waals surface area (Å²) in [6.07, 6.45) is 6.72. The molecule has 200 valence electrons. The molecule has 1 aliphatic heterocycles. The van der Waals surface area contributed by atoms with Crippen molar-refractivity contribution >= 4 is 21.8 Å². The molecule has 1 aromatic carbocycles. The molecule has 0 atom stereocenters. The number of sulfone groups is 1. The lowest BCUT2D eigenvalue weighted by Crippen LogP contribution is -2.59. The van der Waals surface area contributed by atoms with Gasteiger partial charge in [0.05, 0.1) is 23.4 Å². The molecule has 9 nitrogen and oxygen atoms in total. The summed E-state index contributed by atoms with van der Waals surface area (Å²) in [7, 11) is 1.03. The van der Waals surface area contributed by atoms with Crippen LogP contribution in [-0.4, -0.2) is 104 Å². The minimum atomic E-state index is -3.18. The molecule has 3 fully saturated rings. The van der Waals surface area contributed by atoms with Gasteiger partial charge in [-0.2, -0.15) is 0 Å². The van der Waals surface area contributed by atoms with Crippen LogP contribution in [0.1, 0.15) is 50.5 Å². The first-order valence-electron chi connectivity index (χ1n) is 12.8. The molecule has 1 spiro atoms. The fraction of sp³-hybridized carbons (Fsp3) is 0.692. The number of carbonyl (C=O) groups is 2. The molecular weight excluding hydrogens is 480 g/mol. The van der Waals surface area contributed by atoms with Crippen molar-refractivity contribution in [2.24, 2.45) is 0 Å². The van der Waals surface area contributed by atoms with Crippen molar-refractivity contribution < 1.29 is 23.1 Å². The van der Waals surface area contributed by atoms with E-state index >= 15 is 0 Å². The lowest BCUT2D eigenvalue weighted by Gasteiger charge is -2.52. The van der Waals surface area contributed by atoms with Crippen LogP contribution in [0.15, 0.2) is 30.3 Å². The molecule has 1 heterocycles. The van der Waals surface area contributed by atoms with E-state index in [4.69, 9.17) is 0 Å². The molecule has 10 heteroatoms. The normalized spacial score (nSPS) is 28.0. The standard InChI is InChI=1S/C26H40N4O5S/c1-28(2)26(21-8-5-4-6-9-21)14-12-24(13-15-26)19-29(18-22(31)27-16-17-36(3,34)35)23(32)30(24)20-25(33)10-7-11-25/h4-6,8-9,33H,7,10-20H2,1-3H3,(H,27,31). The average molecular weight is 521 g/mol. The van der Waals surface area contributed by atoms with Gasteiger partial charge in [-0.3, -0.25) is 9.69 Å². The number of nitrogens with one attached hydrogen (secondary N) is 1. The Morgan fingerprint density at radius 2 is 1.72 bits per heavy atom. The molecule has 3 amide bonds. The molecule has 3 aliphatic rings. The molecule has 1 aromatic rings. The van der Waals surface area contributed by atoms with E-state index in [2.05, 4.69) is 48.6 Å². The number of amides is 3. The van der Waals surface area contributed by atoms with Gasteiger partial charge in [-0.15, -0.1) is 0 Å². The van der Waals surface area contributed by atoms with Crippen molar-refractivity contribution in [3.8, 4) is 0 Å². The Balaban J connectivity index is 1.52. The summed E-state index contributed by atoms with van der Waals surface area (Å²) < 4.78 is 22.7. The molecule has 36 heavy (non-hydrogen) atoms. The van der Waals surface area contributed by atoms with E-state index in [0.717, 1.165) is 38.4 Å². The van der Waals surface area contributed by atoms with E-state index in [0.29, 0.717) is 25.9 Å². The largest absolute Gasteiger partial charge is 0.388 e. The molecule has 0 bridgehead atoms. The van der Waals surface area contributed by atoms with Crippen molar-refractivity contribution in [2.45, 2.75) is 61.6 Å². The summed E-state index contributed by atoms with van der Waals surface area (Å²) in [6, 6.07) is 10.3. The van der Waals surface area contributed by atoms with Gasteiger partial charge in [0.2, 0.25) is 5.91 Å². The number of hydrogen-bond acceptors (Lipinski definition) is 6. The molecular formula is C26H40N4O5S. The maximum Gasteiger partial charge on any atom is 0.321 e. The van der Waals surface area contributed by atoms with Crippen LogP contribution in [0.3, 0.4) is 0 Å². The third kappa shape index (κ3) is 5.40. The van der Waals surface area contributed by atoms with Gasteiger partial charge in [0.15, 0.2) is 0 Å². The zero-order valence-corrected chi connectivity index (χ0v) is 22.5. The molecule has 1 saturated heterocycles. The van der Waals surface area contributed by atoms with E-state index in [1.165, 1.54) is 5.56 Å². The highest BCUT2D eigenvalue weighted by atomic mass is 32.2. The Labute approximate surface area is 214 Å². The number of benzene rings is 1. The molecule has 2 N–H and O–H groups in total. The second-order valence-corrected chi connectivity index (χ2v) is 13.6. The minimum absolute atomic E-state index is 0.0245. The van der Waals surface area contributed by atoms with Gasteiger partial charge in [0, 0.05) is 24.9 Å². The van der Waals surface area contributed by atoms with Crippen molar-refractivity contribution in [3.05, 3.63) is 35.9 Å². The van der Waals surface area contributed by atoms with Crippen LogP contribution in [0.4, 0.5) is 4.79 Å². The van der Waals surface area contributed by atoms with E-state index in [-0.39, 0.29) is 36.3 Å². The molecule has 2 saturated carbocycles. The molecule has 0 unspecified atom stereocenters. The minimum Gasteiger partial charge on any atom is -0.388 e. The first kappa shape index (κ1) is 26.9. The second kappa shape index (κ2) is 9.95. The van der Waals surface area contributed by atoms with Gasteiger partial charge >= 0.3 is 6.03 Å². The van der Waals surface area contributed by atoms with Crippen LogP contribution in [0, 0.1) is 0 Å². The Kier molecular flexibility index (Phi) is 7.43. The first-order chi connectivity index (χ1) is 16.9. The summed E-state index contributed by atoms with van der Waals surface area (Å²) in [4.78, 5) is 31.8. The quantitative estimate of drug-likeness (QED) is 0.512. The Bertz CT molecular complexity index is 1060. The third-order valence-electron chi connectivity index (χ3n) is 8.60. The first-order valence-corrected chi connectivity index (χ1v) is 14.9. The Morgan fingerprint density at radius 1 is 1.08 bits per heavy atom. The number of nitrogens with zero attached hydrogens (tertiary/aromatic N) is 3. The zero-order valence-electron chi connectivity index (χ0n) is 21.7. The van der Waals surface area contributed by atoms with E-state index in [1.807, 2.05) is 11.0 Å². The highest BCUT2D eigenvalue weighted by Gasteiger charge is 2.56. The number of aliphatic hydroxyl groups is 1. The van der Waals surface area contributed by atoms with Crippen LogP contribution in [0.5, 0.6) is 0 Å². The smallest absolute Gasteiger partial charge is 0.321 e. The highest BCUT2D eigenvalue weighted by molar-refractivity contribution is 7.90. The maximum absolute atomic E-state index is 13.6. The lowest BCUT2D eigenvalue weighted by molar-refractivity contribution is -0.121. The zero-order chi connectivity index (χ0) is 26.2. The lowest BCUT2D eigenvalue weighted by atomic mass is 9.67. The van der Waals surface area contributed by atoms with Crippen molar-refractivity contribution in [3.63, 3.8) is 0 Å². The second-order valence-electron chi connectivity index (χ2n) is 11.3. The predicted molar refractivity (Wildman–Crippen MR) is 138 cm³/mol. The van der Waals surface area contributed by atoms with Crippen molar-refractivity contribution in [1.29, 1.82) is 0 Å². The van der Waals surface area contributed by atoms with E-state index < -0.39 is 21.0 Å². The maximum atomic E-state index is 13.6. The van der Waals surface area contributed by atoms with Gasteiger partial charge in [-0.25, -0.2) is 13.2 Å². The van der Waals surface area contributed by atoms with Crippen molar-refractivity contribution in [1.82, 2.24) is 20.0 Å². The summed E-state index contributed by atoms with van der Waals surface area (Å²) >= 11 is 0. The van der Waals surface area contributed by atoms with Gasteiger partial charge in [-0.1, -0.05) is 30.3 Å². The highest BCUT2D eigenvalue weighted by Crippen LogP contribution is 2.50. The fourth-order valence-corrected chi connectivity index (χ4v) is 6.66. The number of hydrogen-bond donors (Lipinski definition) is 2. The average Bonchev–Trinajstić information content (AvgIpc) is 3.03. The molecule has 2 aliphatic carbocycles. The summed E-state index contributed by atoms with van der Waals surface area (Å²) in [5, 5.41) is 13.6. The van der Waals surface area contributed by atoms with Crippen LogP contribution >= 0.6 is 0 Å². The topological polar surface area (TPSA) is 110 Å². The van der Waals surface area contributed by atoms with Crippen LogP contribution in [0.25, 0.3) is 0 Å². The number of rotatable bonds is 9. The summed E-state index contributed by atoms with van der Waals surface area (Å²) in [5.41, 5.74) is -0.166. The monoisotopic (exact) mass is 520 g/mol. The van der Waals surface area contributed by atoms with Gasteiger partial charge in [-0.05, 0) is 64.6 Å². The number of urea groups is 1. The van der Waals surface area contributed by atoms with Crippen LogP contribution in [0.2, 0.25) is 0 Å². The summed E-state index contributed by atoms with van der Waals surface area (Å²) in [6.45, 7) is 0.631. The molecule has 4 rings (SSSR count). The fourth-order valence-electron chi connectivity index (χ4n) is 6.18. The summed E-state index contributed by atoms with van der Waals surface area (Å²) in [5.74, 6) is -0.504. The van der Waals surface area contributed by atoms with Crippen LogP contribution < -0.4 is 5.32 Å². The van der Waals surface area contributed by atoms with E-state index in [9.17, 15) is 23.1 Å². The van der Waals surface area contributed by atoms with Crippen LogP contribution in [-0.2, 0) is 20.2 Å². The number of carbonyl (C=O) groups excluding carboxylic acids is 2. The van der Waals surface area contributed by atoms with Gasteiger partial charge in [0.1, 0.15) is 16.4 Å². The third-order valence-corrected chi connectivity index (χ3v) is 9.55. The SMILES string of the molecule is CN(C)C1(c2ccccc2)CCC2(CC1)CN(CC(=O)NCCS(C)(=O)=O)C(=O)N2CC1(O)CCC1. The van der Waals surface area contributed by atoms with Gasteiger partial charge < -0.3 is 20.2 Å². The Morgan fingerprint density at radius 3 is 2.25 bits per heavy atom. The van der Waals surface area contributed by atoms with E-state index in [1.54, 1.807) is 4.90 Å². The van der Waals surface area contributed by atoms with Crippen molar-refractivity contribution in [2.75, 3.05) is 52.3 Å². The number of β-amino-alcohol motifs (C(OH)–C–C–N with tert-alkyl or cyclic N) is 1. The Hall–Kier alpha value is -2.17. The predicted octanol–water partition coefficient (Wildman–Crippen LogP) is 1.57. The van der Waals surface area contributed by atoms with Gasteiger partial charge in [0.25, 0.3) is 0 Å². The molecule has 0 radical (unpaired) electrons. The molecule has 0 aromatic heterocycles.